The van der Waals surface area contributed by atoms with Gasteiger partial charge in [-0.05, 0) is 48.4 Å². The third-order valence-corrected chi connectivity index (χ3v) is 5.46. The Morgan fingerprint density at radius 3 is 2.70 bits per heavy atom. The quantitative estimate of drug-likeness (QED) is 0.460. The van der Waals surface area contributed by atoms with Crippen LogP contribution in [0.25, 0.3) is 11.1 Å². The molecule has 8 nitrogen and oxygen atoms in total. The van der Waals surface area contributed by atoms with Crippen molar-refractivity contribution in [3.8, 4) is 16.9 Å². The van der Waals surface area contributed by atoms with Gasteiger partial charge in [-0.1, -0.05) is 6.07 Å². The molecule has 1 amide bonds. The predicted molar refractivity (Wildman–Crippen MR) is 125 cm³/mol. The van der Waals surface area contributed by atoms with Crippen LogP contribution in [0.3, 0.4) is 0 Å². The van der Waals surface area contributed by atoms with Crippen molar-refractivity contribution in [1.82, 2.24) is 24.4 Å². The lowest BCUT2D eigenvalue weighted by molar-refractivity contribution is 0.0950. The third kappa shape index (κ3) is 5.01. The van der Waals surface area contributed by atoms with Crippen LogP contribution in [0, 0.1) is 12.3 Å². The second-order valence-corrected chi connectivity index (χ2v) is 7.79. The van der Waals surface area contributed by atoms with E-state index in [2.05, 4.69) is 15.3 Å². The minimum atomic E-state index is -0.201. The molecule has 168 valence electrons. The molecule has 33 heavy (non-hydrogen) atoms. The van der Waals surface area contributed by atoms with Crippen molar-refractivity contribution in [2.75, 3.05) is 7.11 Å². The Kier molecular flexibility index (Phi) is 6.35. The number of pyridine rings is 2. The fraction of sp³-hybridized carbons (Fsp3) is 0.200. The number of methoxy groups -OCH3 is 1. The van der Waals surface area contributed by atoms with Crippen LogP contribution in [0.2, 0.25) is 0 Å². The molecule has 0 fully saturated rings. The topological polar surface area (TPSA) is 97.8 Å². The fourth-order valence-corrected chi connectivity index (χ4v) is 3.66. The molecular weight excluding hydrogens is 416 g/mol. The van der Waals surface area contributed by atoms with Gasteiger partial charge >= 0.3 is 0 Å². The summed E-state index contributed by atoms with van der Waals surface area (Å²) in [6, 6.07) is 13.2. The first-order valence-electron chi connectivity index (χ1n) is 10.5. The molecule has 1 aromatic carbocycles. The van der Waals surface area contributed by atoms with Crippen LogP contribution in [0.4, 0.5) is 0 Å². The van der Waals surface area contributed by atoms with Crippen LogP contribution in [0.1, 0.15) is 27.3 Å². The maximum atomic E-state index is 13.1. The van der Waals surface area contributed by atoms with E-state index in [1.807, 2.05) is 61.3 Å². The van der Waals surface area contributed by atoms with Crippen molar-refractivity contribution in [3.63, 3.8) is 0 Å². The van der Waals surface area contributed by atoms with Gasteiger partial charge in [0.25, 0.3) is 5.91 Å². The molecule has 0 aliphatic heterocycles. The van der Waals surface area contributed by atoms with E-state index < -0.39 is 0 Å². The number of carbonyl (C=O) groups is 1. The van der Waals surface area contributed by atoms with Crippen molar-refractivity contribution in [1.29, 1.82) is 5.41 Å². The van der Waals surface area contributed by atoms with E-state index in [1.165, 1.54) is 0 Å². The molecule has 3 heterocycles. The molecule has 0 atom stereocenters. The van der Waals surface area contributed by atoms with Gasteiger partial charge in [-0.3, -0.25) is 20.2 Å². The van der Waals surface area contributed by atoms with Crippen molar-refractivity contribution in [2.45, 2.75) is 20.0 Å². The highest BCUT2D eigenvalue weighted by atomic mass is 16.5. The fourth-order valence-electron chi connectivity index (χ4n) is 3.66. The number of rotatable bonds is 7. The van der Waals surface area contributed by atoms with E-state index in [0.29, 0.717) is 29.2 Å². The van der Waals surface area contributed by atoms with Crippen molar-refractivity contribution in [3.05, 3.63) is 95.4 Å². The highest BCUT2D eigenvalue weighted by molar-refractivity contribution is 5.95. The van der Waals surface area contributed by atoms with E-state index in [-0.39, 0.29) is 12.5 Å². The Morgan fingerprint density at radius 1 is 1.12 bits per heavy atom. The molecule has 3 aromatic heterocycles. The van der Waals surface area contributed by atoms with Crippen LogP contribution in [0.15, 0.2) is 67.3 Å². The number of benzene rings is 1. The molecule has 2 N–H and O–H groups in total. The van der Waals surface area contributed by atoms with Crippen molar-refractivity contribution >= 4 is 5.91 Å². The van der Waals surface area contributed by atoms with E-state index in [1.54, 1.807) is 36.2 Å². The second-order valence-electron chi connectivity index (χ2n) is 7.79. The molecule has 0 saturated heterocycles. The van der Waals surface area contributed by atoms with Gasteiger partial charge in [0.1, 0.15) is 5.75 Å². The highest BCUT2D eigenvalue weighted by Crippen LogP contribution is 2.25. The normalized spacial score (nSPS) is 10.8. The maximum absolute atomic E-state index is 13.1. The lowest BCUT2D eigenvalue weighted by Crippen LogP contribution is -2.24. The van der Waals surface area contributed by atoms with E-state index in [4.69, 9.17) is 10.1 Å². The molecule has 4 rings (SSSR count). The zero-order valence-electron chi connectivity index (χ0n) is 18.9. The second kappa shape index (κ2) is 9.52. The van der Waals surface area contributed by atoms with Gasteiger partial charge in [-0.2, -0.15) is 0 Å². The first-order valence-corrected chi connectivity index (χ1v) is 10.5. The Morgan fingerprint density at radius 2 is 1.97 bits per heavy atom. The first-order chi connectivity index (χ1) is 15.9. The van der Waals surface area contributed by atoms with Crippen LogP contribution >= 0.6 is 0 Å². The Labute approximate surface area is 192 Å². The lowest BCUT2D eigenvalue weighted by Gasteiger charge is -2.13. The van der Waals surface area contributed by atoms with Gasteiger partial charge in [0.05, 0.1) is 25.9 Å². The summed E-state index contributed by atoms with van der Waals surface area (Å²) in [5.41, 5.74) is 5.31. The summed E-state index contributed by atoms with van der Waals surface area (Å²) in [4.78, 5) is 21.8. The van der Waals surface area contributed by atoms with Crippen LogP contribution in [0.5, 0.6) is 5.75 Å². The molecule has 0 saturated carbocycles. The number of nitrogens with zero attached hydrogens (tertiary/aromatic N) is 4. The number of amides is 1. The number of nitrogens with one attached hydrogen (secondary N) is 2. The summed E-state index contributed by atoms with van der Waals surface area (Å²) in [6.45, 7) is 2.71. The van der Waals surface area contributed by atoms with Crippen molar-refractivity contribution in [2.24, 2.45) is 7.05 Å². The summed E-state index contributed by atoms with van der Waals surface area (Å²) >= 11 is 0. The van der Waals surface area contributed by atoms with E-state index in [9.17, 15) is 4.79 Å². The number of imidazole rings is 1. The lowest BCUT2D eigenvalue weighted by atomic mass is 9.98. The minimum absolute atomic E-state index is 0.201. The zero-order chi connectivity index (χ0) is 23.4. The van der Waals surface area contributed by atoms with E-state index >= 15 is 0 Å². The number of ether oxygens (including phenoxy) is 1. The Bertz CT molecular complexity index is 1360. The Balaban J connectivity index is 1.66. The predicted octanol–water partition coefficient (Wildman–Crippen LogP) is 3.06. The molecule has 4 aromatic rings. The molecule has 8 heteroatoms. The third-order valence-electron chi connectivity index (χ3n) is 5.46. The highest BCUT2D eigenvalue weighted by Gasteiger charge is 2.13. The monoisotopic (exact) mass is 442 g/mol. The molecule has 0 aliphatic rings. The summed E-state index contributed by atoms with van der Waals surface area (Å²) in [5.74, 6) is 0.491. The van der Waals surface area contributed by atoms with Gasteiger partial charge in [0, 0.05) is 54.7 Å². The first kappa shape index (κ1) is 22.0. The van der Waals surface area contributed by atoms with Crippen molar-refractivity contribution < 1.29 is 9.53 Å². The molecule has 0 radical (unpaired) electrons. The van der Waals surface area contributed by atoms with Crippen LogP contribution in [-0.4, -0.2) is 32.1 Å². The summed E-state index contributed by atoms with van der Waals surface area (Å²) in [6.07, 6.45) is 7.11. The Hall–Kier alpha value is -4.20. The summed E-state index contributed by atoms with van der Waals surface area (Å²) in [5, 5.41) is 11.2. The minimum Gasteiger partial charge on any atom is -0.497 e. The van der Waals surface area contributed by atoms with Crippen LogP contribution in [-0.2, 0) is 20.1 Å². The average molecular weight is 443 g/mol. The zero-order valence-corrected chi connectivity index (χ0v) is 18.9. The molecule has 0 bridgehead atoms. The SMILES string of the molecule is COc1ccnc(CNC(=O)c2cc(Cn3ccn(C)c3=N)cc(-c3cccnc3C)c2)c1. The number of aromatic nitrogens is 4. The average Bonchev–Trinajstić information content (AvgIpc) is 3.15. The number of carbonyl (C=O) groups excluding carboxylic acids is 1. The number of aryl methyl sites for hydroxylation is 2. The van der Waals surface area contributed by atoms with Crippen LogP contribution < -0.4 is 15.7 Å². The number of hydrogen-bond donors (Lipinski definition) is 2. The van der Waals surface area contributed by atoms with Gasteiger partial charge < -0.3 is 19.2 Å². The van der Waals surface area contributed by atoms with Gasteiger partial charge in [0.15, 0.2) is 0 Å². The molecular formula is C25H26N6O2. The van der Waals surface area contributed by atoms with Gasteiger partial charge in [-0.25, -0.2) is 0 Å². The van der Waals surface area contributed by atoms with Gasteiger partial charge in [-0.15, -0.1) is 0 Å². The molecule has 0 unspecified atom stereocenters. The number of hydrogen-bond acceptors (Lipinski definition) is 5. The maximum Gasteiger partial charge on any atom is 0.251 e. The standard InChI is InChI=1S/C25H26N6O2/c1-17-23(5-4-7-27-17)19-11-18(16-31-10-9-30(2)25(31)26)12-20(13-19)24(32)29-15-21-14-22(33-3)6-8-28-21/h4-14,26H,15-16H2,1-3H3,(H,29,32). The van der Waals surface area contributed by atoms with Gasteiger partial charge in [0.2, 0.25) is 5.62 Å². The summed E-state index contributed by atoms with van der Waals surface area (Å²) < 4.78 is 8.80. The summed E-state index contributed by atoms with van der Waals surface area (Å²) in [7, 11) is 3.43. The smallest absolute Gasteiger partial charge is 0.251 e. The molecule has 0 spiro atoms. The largest absolute Gasteiger partial charge is 0.497 e. The molecule has 0 aliphatic carbocycles. The van der Waals surface area contributed by atoms with E-state index in [0.717, 1.165) is 22.4 Å².